The molecule has 2 nitrogen and oxygen atoms in total. The molecule has 1 fully saturated rings. The Bertz CT molecular complexity index is 405. The molecule has 2 rings (SSSR count). The van der Waals surface area contributed by atoms with Crippen LogP contribution >= 0.6 is 11.3 Å². The van der Waals surface area contributed by atoms with Gasteiger partial charge in [-0.3, -0.25) is 0 Å². The zero-order valence-corrected chi connectivity index (χ0v) is 13.8. The lowest BCUT2D eigenvalue weighted by atomic mass is 9.79. The molecule has 108 valence electrons. The minimum atomic E-state index is 0.170. The van der Waals surface area contributed by atoms with Crippen LogP contribution in [0.2, 0.25) is 0 Å². The topological polar surface area (TPSA) is 24.9 Å². The average Bonchev–Trinajstić information content (AvgIpc) is 2.79. The quantitative estimate of drug-likeness (QED) is 0.890. The highest BCUT2D eigenvalue weighted by Crippen LogP contribution is 2.29. The van der Waals surface area contributed by atoms with Gasteiger partial charge in [0.05, 0.1) is 5.69 Å². The normalized spacial score (nSPS) is 28.6. The summed E-state index contributed by atoms with van der Waals surface area (Å²) in [5, 5.41) is 7.15. The molecule has 19 heavy (non-hydrogen) atoms. The van der Waals surface area contributed by atoms with E-state index in [-0.39, 0.29) is 5.41 Å². The van der Waals surface area contributed by atoms with Crippen LogP contribution in [0.1, 0.15) is 64.6 Å². The van der Waals surface area contributed by atoms with Gasteiger partial charge in [0.15, 0.2) is 0 Å². The third kappa shape index (κ3) is 4.03. The Hall–Kier alpha value is -0.410. The maximum absolute atomic E-state index is 4.76. The van der Waals surface area contributed by atoms with Gasteiger partial charge in [0.25, 0.3) is 0 Å². The molecule has 0 bridgehead atoms. The first-order valence-electron chi connectivity index (χ1n) is 7.54. The van der Waals surface area contributed by atoms with Gasteiger partial charge in [-0.05, 0) is 31.1 Å². The summed E-state index contributed by atoms with van der Waals surface area (Å²) < 4.78 is 0. The second-order valence-corrected chi connectivity index (χ2v) is 8.16. The minimum absolute atomic E-state index is 0.170. The highest BCUT2D eigenvalue weighted by Gasteiger charge is 2.24. The molecule has 0 saturated heterocycles. The van der Waals surface area contributed by atoms with E-state index in [1.807, 2.05) is 0 Å². The van der Waals surface area contributed by atoms with E-state index in [2.05, 4.69) is 45.3 Å². The van der Waals surface area contributed by atoms with E-state index in [1.165, 1.54) is 30.0 Å². The van der Waals surface area contributed by atoms with E-state index < -0.39 is 0 Å². The van der Waals surface area contributed by atoms with Crippen molar-refractivity contribution in [3.05, 3.63) is 16.1 Å². The summed E-state index contributed by atoms with van der Waals surface area (Å²) in [4.78, 5) is 4.76. The zero-order valence-electron chi connectivity index (χ0n) is 13.0. The first kappa shape index (κ1) is 15.0. The van der Waals surface area contributed by atoms with Crippen LogP contribution < -0.4 is 5.32 Å². The molecule has 0 aromatic carbocycles. The summed E-state index contributed by atoms with van der Waals surface area (Å²) in [6.45, 7) is 12.4. The van der Waals surface area contributed by atoms with E-state index in [9.17, 15) is 0 Å². The van der Waals surface area contributed by atoms with Crippen LogP contribution in [-0.2, 0) is 12.0 Å². The molecule has 1 aliphatic carbocycles. The lowest BCUT2D eigenvalue weighted by molar-refractivity contribution is 0.225. The highest BCUT2D eigenvalue weighted by molar-refractivity contribution is 7.09. The summed E-state index contributed by atoms with van der Waals surface area (Å²) in [7, 11) is 0. The van der Waals surface area contributed by atoms with Crippen LogP contribution in [0.25, 0.3) is 0 Å². The van der Waals surface area contributed by atoms with Gasteiger partial charge in [-0.25, -0.2) is 4.98 Å². The molecule has 0 aliphatic heterocycles. The van der Waals surface area contributed by atoms with Crippen molar-refractivity contribution in [1.82, 2.24) is 10.3 Å². The fourth-order valence-corrected chi connectivity index (χ4v) is 3.67. The number of nitrogens with zero attached hydrogens (tertiary/aromatic N) is 1. The Morgan fingerprint density at radius 2 is 2.00 bits per heavy atom. The third-order valence-corrected chi connectivity index (χ3v) is 5.31. The Morgan fingerprint density at radius 1 is 1.26 bits per heavy atom. The second kappa shape index (κ2) is 5.92. The van der Waals surface area contributed by atoms with Crippen LogP contribution in [0, 0.1) is 11.8 Å². The van der Waals surface area contributed by atoms with E-state index >= 15 is 0 Å². The van der Waals surface area contributed by atoms with Gasteiger partial charge in [0, 0.05) is 23.4 Å². The van der Waals surface area contributed by atoms with Gasteiger partial charge in [0.1, 0.15) is 5.01 Å². The molecular formula is C16H28N2S. The Labute approximate surface area is 122 Å². The summed E-state index contributed by atoms with van der Waals surface area (Å²) in [5.74, 6) is 1.75. The van der Waals surface area contributed by atoms with E-state index in [0.29, 0.717) is 6.04 Å². The number of aromatic nitrogens is 1. The molecule has 0 radical (unpaired) electrons. The van der Waals surface area contributed by atoms with Gasteiger partial charge in [0.2, 0.25) is 0 Å². The van der Waals surface area contributed by atoms with Crippen molar-refractivity contribution in [3.8, 4) is 0 Å². The van der Waals surface area contributed by atoms with Gasteiger partial charge in [-0.2, -0.15) is 0 Å². The van der Waals surface area contributed by atoms with E-state index in [0.717, 1.165) is 18.4 Å². The largest absolute Gasteiger partial charge is 0.308 e. The molecule has 1 heterocycles. The first-order valence-corrected chi connectivity index (χ1v) is 8.42. The predicted molar refractivity (Wildman–Crippen MR) is 83.6 cm³/mol. The summed E-state index contributed by atoms with van der Waals surface area (Å²) in [6, 6.07) is 0.688. The van der Waals surface area contributed by atoms with Gasteiger partial charge in [-0.1, -0.05) is 34.6 Å². The molecule has 1 aromatic rings. The lowest BCUT2D eigenvalue weighted by Gasteiger charge is -2.32. The van der Waals surface area contributed by atoms with Crippen molar-refractivity contribution in [2.24, 2.45) is 11.8 Å². The molecule has 1 saturated carbocycles. The number of thiazole rings is 1. The van der Waals surface area contributed by atoms with Crippen molar-refractivity contribution < 1.29 is 0 Å². The smallest absolute Gasteiger partial charge is 0.107 e. The maximum Gasteiger partial charge on any atom is 0.107 e. The molecule has 1 N–H and O–H groups in total. The number of hydrogen-bond acceptors (Lipinski definition) is 3. The fourth-order valence-electron chi connectivity index (χ4n) is 2.70. The van der Waals surface area contributed by atoms with E-state index in [4.69, 9.17) is 4.98 Å². The minimum Gasteiger partial charge on any atom is -0.308 e. The predicted octanol–water partition coefficient (Wildman–Crippen LogP) is 4.35. The SMILES string of the molecule is CC1CCC(NCc2nc(C(C)(C)C)cs2)CC1C. The molecule has 3 atom stereocenters. The number of nitrogens with one attached hydrogen (secondary N) is 1. The first-order chi connectivity index (χ1) is 8.86. The van der Waals surface area contributed by atoms with Crippen LogP contribution in [-0.4, -0.2) is 11.0 Å². The van der Waals surface area contributed by atoms with Crippen molar-refractivity contribution in [1.29, 1.82) is 0 Å². The maximum atomic E-state index is 4.76. The van der Waals surface area contributed by atoms with Crippen LogP contribution in [0.3, 0.4) is 0 Å². The molecule has 0 amide bonds. The van der Waals surface area contributed by atoms with Crippen LogP contribution in [0.15, 0.2) is 5.38 Å². The molecule has 0 spiro atoms. The molecular weight excluding hydrogens is 252 g/mol. The molecule has 1 aliphatic rings. The average molecular weight is 280 g/mol. The number of hydrogen-bond donors (Lipinski definition) is 1. The van der Waals surface area contributed by atoms with Crippen molar-refractivity contribution in [2.45, 2.75) is 71.9 Å². The van der Waals surface area contributed by atoms with Crippen molar-refractivity contribution in [2.75, 3.05) is 0 Å². The second-order valence-electron chi connectivity index (χ2n) is 7.22. The van der Waals surface area contributed by atoms with Crippen molar-refractivity contribution in [3.63, 3.8) is 0 Å². The number of rotatable bonds is 3. The zero-order chi connectivity index (χ0) is 14.0. The van der Waals surface area contributed by atoms with Gasteiger partial charge in [-0.15, -0.1) is 11.3 Å². The summed E-state index contributed by atoms with van der Waals surface area (Å²) in [6.07, 6.45) is 4.01. The molecule has 3 heteroatoms. The Balaban J connectivity index is 1.84. The Kier molecular flexibility index (Phi) is 4.67. The summed E-state index contributed by atoms with van der Waals surface area (Å²) in [5.41, 5.74) is 1.39. The molecule has 3 unspecified atom stereocenters. The fraction of sp³-hybridized carbons (Fsp3) is 0.812. The highest BCUT2D eigenvalue weighted by atomic mass is 32.1. The van der Waals surface area contributed by atoms with Crippen LogP contribution in [0.5, 0.6) is 0 Å². The lowest BCUT2D eigenvalue weighted by Crippen LogP contribution is -2.35. The van der Waals surface area contributed by atoms with Crippen molar-refractivity contribution >= 4 is 11.3 Å². The Morgan fingerprint density at radius 3 is 2.58 bits per heavy atom. The monoisotopic (exact) mass is 280 g/mol. The third-order valence-electron chi connectivity index (χ3n) is 4.46. The van der Waals surface area contributed by atoms with Gasteiger partial charge < -0.3 is 5.32 Å². The van der Waals surface area contributed by atoms with Crippen LogP contribution in [0.4, 0.5) is 0 Å². The molecule has 1 aromatic heterocycles. The van der Waals surface area contributed by atoms with Gasteiger partial charge >= 0.3 is 0 Å². The standard InChI is InChI=1S/C16H28N2S/c1-11-6-7-13(8-12(11)2)17-9-15-18-14(10-19-15)16(3,4)5/h10-13,17H,6-9H2,1-5H3. The summed E-state index contributed by atoms with van der Waals surface area (Å²) >= 11 is 1.79. The van der Waals surface area contributed by atoms with E-state index in [1.54, 1.807) is 11.3 Å².